The van der Waals surface area contributed by atoms with Crippen LogP contribution in [-0.4, -0.2) is 110 Å². The number of ether oxygens (including phenoxy) is 1. The summed E-state index contributed by atoms with van der Waals surface area (Å²) in [6.45, 7) is 3.14. The number of nitrogens with zero attached hydrogens (tertiary/aromatic N) is 3. The van der Waals surface area contributed by atoms with Gasteiger partial charge in [0.15, 0.2) is 6.10 Å². The molecule has 3 saturated heterocycles. The van der Waals surface area contributed by atoms with Crippen LogP contribution in [0.2, 0.25) is 0 Å². The van der Waals surface area contributed by atoms with Gasteiger partial charge in [-0.05, 0) is 62.5 Å². The van der Waals surface area contributed by atoms with Crippen molar-refractivity contribution in [2.45, 2.75) is 25.4 Å². The van der Waals surface area contributed by atoms with Crippen LogP contribution in [-0.2, 0) is 19.1 Å². The van der Waals surface area contributed by atoms with E-state index in [0.29, 0.717) is 31.0 Å². The van der Waals surface area contributed by atoms with E-state index >= 15 is 0 Å². The van der Waals surface area contributed by atoms with Crippen LogP contribution in [0.25, 0.3) is 0 Å². The van der Waals surface area contributed by atoms with Crippen LogP contribution < -0.4 is 10.6 Å². The first kappa shape index (κ1) is 27.0. The van der Waals surface area contributed by atoms with Gasteiger partial charge in [-0.1, -0.05) is 0 Å². The zero-order chi connectivity index (χ0) is 26.4. The average molecular weight is 518 g/mol. The van der Waals surface area contributed by atoms with Crippen molar-refractivity contribution in [1.29, 1.82) is 0 Å². The molecule has 0 radical (unpaired) electrons. The van der Waals surface area contributed by atoms with Crippen LogP contribution in [0.5, 0.6) is 0 Å². The standard InChI is InChI=1S/C26H36FN5O5/c1-30-10-7-19-14-24(34)31-12-13-37-22(16-31)26(36)32(17-23(33)28-8-6-20(19)15-30)11-9-29-25(35)18-2-4-21(27)5-3-18/h2-5,19-20,22H,6-17H2,1H3,(H,28,33)(H,29,35)/t19-,20-,22-/m0/s1. The van der Waals surface area contributed by atoms with Crippen LogP contribution in [0.3, 0.4) is 0 Å². The Morgan fingerprint density at radius 2 is 1.89 bits per heavy atom. The highest BCUT2D eigenvalue weighted by Gasteiger charge is 2.36. The fraction of sp³-hybridized carbons (Fsp3) is 0.615. The number of amides is 4. The largest absolute Gasteiger partial charge is 0.365 e. The Morgan fingerprint density at radius 3 is 2.68 bits per heavy atom. The number of rotatable bonds is 4. The number of likely N-dealkylation sites (tertiary alicyclic amines) is 1. The summed E-state index contributed by atoms with van der Waals surface area (Å²) in [6, 6.07) is 5.15. The zero-order valence-corrected chi connectivity index (χ0v) is 21.3. The van der Waals surface area contributed by atoms with Gasteiger partial charge in [0.25, 0.3) is 11.8 Å². The Labute approximate surface area is 216 Å². The molecule has 3 aliphatic rings. The molecule has 202 valence electrons. The van der Waals surface area contributed by atoms with Gasteiger partial charge >= 0.3 is 0 Å². The van der Waals surface area contributed by atoms with E-state index in [1.165, 1.54) is 29.2 Å². The Kier molecular flexibility index (Phi) is 9.09. The normalized spacial score (nSPS) is 26.2. The van der Waals surface area contributed by atoms with Gasteiger partial charge in [0, 0.05) is 44.7 Å². The molecular formula is C26H36FN5O5. The predicted molar refractivity (Wildman–Crippen MR) is 133 cm³/mol. The summed E-state index contributed by atoms with van der Waals surface area (Å²) in [5.74, 6) is -0.914. The van der Waals surface area contributed by atoms with Crippen molar-refractivity contribution in [2.24, 2.45) is 11.8 Å². The summed E-state index contributed by atoms with van der Waals surface area (Å²) in [5.41, 5.74) is 0.294. The molecule has 4 amide bonds. The first-order valence-electron chi connectivity index (χ1n) is 13.0. The maximum Gasteiger partial charge on any atom is 0.254 e. The van der Waals surface area contributed by atoms with E-state index in [-0.39, 0.29) is 50.5 Å². The van der Waals surface area contributed by atoms with E-state index < -0.39 is 23.7 Å². The first-order chi connectivity index (χ1) is 17.8. The smallest absolute Gasteiger partial charge is 0.254 e. The van der Waals surface area contributed by atoms with Gasteiger partial charge in [0.2, 0.25) is 11.8 Å². The van der Waals surface area contributed by atoms with Gasteiger partial charge < -0.3 is 30.1 Å². The molecule has 3 fully saturated rings. The molecule has 3 aliphatic heterocycles. The number of hydrogen-bond acceptors (Lipinski definition) is 6. The molecular weight excluding hydrogens is 481 g/mol. The van der Waals surface area contributed by atoms with Crippen LogP contribution in [0.15, 0.2) is 24.3 Å². The summed E-state index contributed by atoms with van der Waals surface area (Å²) in [4.78, 5) is 57.0. The third kappa shape index (κ3) is 7.26. The highest BCUT2D eigenvalue weighted by Crippen LogP contribution is 2.29. The zero-order valence-electron chi connectivity index (χ0n) is 21.3. The lowest BCUT2D eigenvalue weighted by atomic mass is 9.81. The maximum atomic E-state index is 13.3. The molecule has 4 rings (SSSR count). The van der Waals surface area contributed by atoms with Crippen LogP contribution in [0.1, 0.15) is 29.6 Å². The van der Waals surface area contributed by atoms with Gasteiger partial charge in [0.1, 0.15) is 5.82 Å². The van der Waals surface area contributed by atoms with Crippen molar-refractivity contribution in [3.8, 4) is 0 Å². The number of carbonyl (C=O) groups excluding carboxylic acids is 4. The van der Waals surface area contributed by atoms with E-state index in [4.69, 9.17) is 4.74 Å². The van der Waals surface area contributed by atoms with E-state index in [9.17, 15) is 23.6 Å². The molecule has 2 N–H and O–H groups in total. The predicted octanol–water partition coefficient (Wildman–Crippen LogP) is 0.0894. The lowest BCUT2D eigenvalue weighted by molar-refractivity contribution is -0.156. The van der Waals surface area contributed by atoms with Crippen molar-refractivity contribution in [2.75, 3.05) is 66.0 Å². The van der Waals surface area contributed by atoms with Gasteiger partial charge in [-0.25, -0.2) is 4.39 Å². The minimum Gasteiger partial charge on any atom is -0.365 e. The molecule has 0 saturated carbocycles. The number of halogens is 1. The molecule has 1 aromatic rings. The van der Waals surface area contributed by atoms with Crippen molar-refractivity contribution in [3.05, 3.63) is 35.6 Å². The number of morpholine rings is 1. The highest BCUT2D eigenvalue weighted by molar-refractivity contribution is 5.94. The summed E-state index contributed by atoms with van der Waals surface area (Å²) >= 11 is 0. The Morgan fingerprint density at radius 1 is 1.11 bits per heavy atom. The molecule has 0 aromatic heterocycles. The lowest BCUT2D eigenvalue weighted by Crippen LogP contribution is -2.55. The van der Waals surface area contributed by atoms with Crippen molar-refractivity contribution in [3.63, 3.8) is 0 Å². The second-order valence-electron chi connectivity index (χ2n) is 10.1. The molecule has 10 nitrogen and oxygen atoms in total. The van der Waals surface area contributed by atoms with Crippen LogP contribution >= 0.6 is 0 Å². The van der Waals surface area contributed by atoms with E-state index in [1.807, 2.05) is 0 Å². The fourth-order valence-electron chi connectivity index (χ4n) is 5.34. The molecule has 3 atom stereocenters. The molecule has 1 aromatic carbocycles. The lowest BCUT2D eigenvalue weighted by Gasteiger charge is -2.39. The molecule has 11 heteroatoms. The highest BCUT2D eigenvalue weighted by atomic mass is 19.1. The van der Waals surface area contributed by atoms with Crippen LogP contribution in [0, 0.1) is 17.7 Å². The van der Waals surface area contributed by atoms with Gasteiger partial charge in [-0.3, -0.25) is 19.2 Å². The summed E-state index contributed by atoms with van der Waals surface area (Å²) in [5, 5.41) is 5.63. The van der Waals surface area contributed by atoms with Gasteiger partial charge in [-0.2, -0.15) is 0 Å². The second kappa shape index (κ2) is 12.5. The van der Waals surface area contributed by atoms with Crippen molar-refractivity contribution < 1.29 is 28.3 Å². The van der Waals surface area contributed by atoms with E-state index in [0.717, 1.165) is 25.9 Å². The quantitative estimate of drug-likeness (QED) is 0.586. The third-order valence-electron chi connectivity index (χ3n) is 7.48. The summed E-state index contributed by atoms with van der Waals surface area (Å²) in [7, 11) is 2.08. The SMILES string of the molecule is CN1CC[C@H]2CC(=O)N3CCO[C@@H](C3)C(=O)N(CCNC(=O)c3ccc(F)cc3)CC(=O)NCC[C@H]2C1. The summed E-state index contributed by atoms with van der Waals surface area (Å²) in [6.07, 6.45) is 1.27. The molecule has 3 heterocycles. The Hall–Kier alpha value is -3.05. The van der Waals surface area contributed by atoms with Crippen molar-refractivity contribution >= 4 is 23.6 Å². The number of fused-ring (bicyclic) bond motifs is 3. The monoisotopic (exact) mass is 517 g/mol. The molecule has 0 unspecified atom stereocenters. The topological polar surface area (TPSA) is 111 Å². The molecule has 37 heavy (non-hydrogen) atoms. The molecule has 2 bridgehead atoms. The molecule has 0 aliphatic carbocycles. The average Bonchev–Trinajstić information content (AvgIpc) is 2.89. The number of benzene rings is 1. The summed E-state index contributed by atoms with van der Waals surface area (Å²) < 4.78 is 18.9. The first-order valence-corrected chi connectivity index (χ1v) is 13.0. The number of carbonyl (C=O) groups is 4. The fourth-order valence-corrected chi connectivity index (χ4v) is 5.34. The van der Waals surface area contributed by atoms with E-state index in [2.05, 4.69) is 22.6 Å². The Bertz CT molecular complexity index is 990. The van der Waals surface area contributed by atoms with E-state index in [1.54, 1.807) is 4.90 Å². The number of nitrogens with one attached hydrogen (secondary N) is 2. The number of hydrogen-bond donors (Lipinski definition) is 2. The third-order valence-corrected chi connectivity index (χ3v) is 7.48. The van der Waals surface area contributed by atoms with Crippen LogP contribution in [0.4, 0.5) is 4.39 Å². The minimum atomic E-state index is -0.866. The van der Waals surface area contributed by atoms with Crippen molar-refractivity contribution in [1.82, 2.24) is 25.3 Å². The van der Waals surface area contributed by atoms with Gasteiger partial charge in [-0.15, -0.1) is 0 Å². The molecule has 0 spiro atoms. The Balaban J connectivity index is 1.43. The maximum absolute atomic E-state index is 13.3. The minimum absolute atomic E-state index is 0.0415. The second-order valence-corrected chi connectivity index (χ2v) is 10.1. The number of piperidine rings is 1. The van der Waals surface area contributed by atoms with Gasteiger partial charge in [0.05, 0.1) is 19.7 Å².